The lowest BCUT2D eigenvalue weighted by Gasteiger charge is -2.39. The van der Waals surface area contributed by atoms with E-state index in [-0.39, 0.29) is 40.8 Å². The van der Waals surface area contributed by atoms with E-state index < -0.39 is 41.5 Å². The number of nitro benzene ring substituents is 1. The number of aromatic nitrogens is 2. The van der Waals surface area contributed by atoms with Gasteiger partial charge in [-0.25, -0.2) is 18.1 Å². The van der Waals surface area contributed by atoms with Crippen LogP contribution in [0.15, 0.2) is 100 Å². The van der Waals surface area contributed by atoms with E-state index in [1.807, 2.05) is 25.1 Å². The van der Waals surface area contributed by atoms with Crippen LogP contribution >= 0.6 is 11.6 Å². The molecular weight excluding hydrogens is 942 g/mol. The van der Waals surface area contributed by atoms with Crippen LogP contribution in [-0.4, -0.2) is 119 Å². The van der Waals surface area contributed by atoms with Crippen molar-refractivity contribution in [3.63, 3.8) is 0 Å². The maximum atomic E-state index is 14.0. The fourth-order valence-corrected chi connectivity index (χ4v) is 12.6. The number of nitrogens with zero attached hydrogens (tertiary/aromatic N) is 6. The van der Waals surface area contributed by atoms with Gasteiger partial charge in [0.15, 0.2) is 0 Å². The molecule has 0 saturated carbocycles. The minimum Gasteiger partial charge on any atom is -0.455 e. The number of halogens is 1. The first-order valence-electron chi connectivity index (χ1n) is 23.3. The number of hydrogen-bond donors (Lipinski definition) is 5. The third-order valence-corrected chi connectivity index (χ3v) is 17.1. The number of carbonyl (C=O) groups excluding carboxylic acids is 2. The second kappa shape index (κ2) is 20.7. The van der Waals surface area contributed by atoms with E-state index in [1.54, 1.807) is 31.3 Å². The minimum atomic E-state index is -4.63. The maximum absolute atomic E-state index is 14.0. The van der Waals surface area contributed by atoms with E-state index >= 15 is 0 Å². The predicted molar refractivity (Wildman–Crippen MR) is 273 cm³/mol. The van der Waals surface area contributed by atoms with Crippen LogP contribution in [0.25, 0.3) is 16.6 Å². The van der Waals surface area contributed by atoms with Crippen molar-refractivity contribution in [3.05, 3.63) is 117 Å². The highest BCUT2D eigenvalue weighted by molar-refractivity contribution is 8.00. The molecule has 5 aromatic rings. The van der Waals surface area contributed by atoms with E-state index in [9.17, 15) is 32.7 Å². The normalized spacial score (nSPS) is 18.6. The minimum absolute atomic E-state index is 0.0671. The molecule has 1 aliphatic carbocycles. The second-order valence-corrected chi connectivity index (χ2v) is 23.9. The van der Waals surface area contributed by atoms with Crippen molar-refractivity contribution in [1.82, 2.24) is 24.5 Å². The summed E-state index contributed by atoms with van der Waals surface area (Å²) in [5, 5.41) is 16.9. The van der Waals surface area contributed by atoms with Gasteiger partial charge >= 0.3 is 0 Å². The summed E-state index contributed by atoms with van der Waals surface area (Å²) in [4.78, 5) is 51.3. The Hall–Kier alpha value is -5.70. The van der Waals surface area contributed by atoms with Gasteiger partial charge in [0.1, 0.15) is 22.8 Å². The third-order valence-electron chi connectivity index (χ3n) is 13.1. The molecule has 2 aliphatic heterocycles. The fourth-order valence-electron chi connectivity index (χ4n) is 9.25. The number of sulfonamides is 1. The Morgan fingerprint density at radius 2 is 1.75 bits per heavy atom. The third kappa shape index (κ3) is 12.2. The van der Waals surface area contributed by atoms with Gasteiger partial charge in [-0.1, -0.05) is 60.2 Å². The van der Waals surface area contributed by atoms with Crippen LogP contribution in [0.3, 0.4) is 0 Å². The summed E-state index contributed by atoms with van der Waals surface area (Å²) >= 11 is 6.25. The summed E-state index contributed by atoms with van der Waals surface area (Å²) in [6.07, 6.45) is 6.65. The van der Waals surface area contributed by atoms with Gasteiger partial charge in [0.25, 0.3) is 27.5 Å². The smallest absolute Gasteiger partial charge is 0.293 e. The largest absolute Gasteiger partial charge is 0.455 e. The Kier molecular flexibility index (Phi) is 14.9. The number of carbonyl (C=O) groups is 2. The molecule has 4 N–H and O–H groups in total. The molecular formula is C49H60ClN9O8S2. The van der Waals surface area contributed by atoms with Gasteiger partial charge in [-0.2, -0.15) is 4.36 Å². The van der Waals surface area contributed by atoms with E-state index in [4.69, 9.17) is 16.3 Å². The lowest BCUT2D eigenvalue weighted by molar-refractivity contribution is -0.384. The zero-order valence-corrected chi connectivity index (χ0v) is 41.7. The van der Waals surface area contributed by atoms with Crippen LogP contribution < -0.4 is 19.7 Å². The number of rotatable bonds is 15. The van der Waals surface area contributed by atoms with Gasteiger partial charge in [0.05, 0.1) is 21.6 Å². The Labute approximate surface area is 408 Å². The average Bonchev–Trinajstić information content (AvgIpc) is 3.79. The summed E-state index contributed by atoms with van der Waals surface area (Å²) in [7, 11) is -7.32. The number of thiol groups is 1. The lowest BCUT2D eigenvalue weighted by atomic mass is 9.72. The summed E-state index contributed by atoms with van der Waals surface area (Å²) in [5.41, 5.74) is 5.26. The summed E-state index contributed by atoms with van der Waals surface area (Å²) in [6, 6.07) is 19.9. The molecule has 2 saturated heterocycles. The SMILES string of the molecule is CCC(=O)N=[SH]1(O)CCN(CC(C)Nc2ccc(S(=O)(=O)NC(=O)c3ccc(N4CCN(CC5=C(c6ccc(Cl)cc6)CC(C)(C)CC5)CC4)cc3Oc3cnc4[nH]ccc4c3)cc2[N+](=O)[O-])CC1. The number of amides is 2. The first-order chi connectivity index (χ1) is 32.9. The van der Waals surface area contributed by atoms with Crippen LogP contribution in [0.1, 0.15) is 69.3 Å². The predicted octanol–water partition coefficient (Wildman–Crippen LogP) is 8.42. The zero-order valence-electron chi connectivity index (χ0n) is 39.3. The molecule has 20 heteroatoms. The number of anilines is 2. The number of nitrogens with one attached hydrogen (secondary N) is 3. The van der Waals surface area contributed by atoms with E-state index in [0.717, 1.165) is 61.1 Å². The molecule has 3 aliphatic rings. The summed E-state index contributed by atoms with van der Waals surface area (Å²) in [5.74, 6) is -0.102. The number of fused-ring (bicyclic) bond motifs is 1. The average molecular weight is 1000 g/mol. The first-order valence-corrected chi connectivity index (χ1v) is 27.2. The first kappa shape index (κ1) is 49.7. The highest BCUT2D eigenvalue weighted by Gasteiger charge is 2.31. The molecule has 1 atom stereocenters. The van der Waals surface area contributed by atoms with Gasteiger partial charge in [-0.05, 0) is 91.3 Å². The van der Waals surface area contributed by atoms with Crippen molar-refractivity contribution >= 4 is 77.2 Å². The molecule has 368 valence electrons. The summed E-state index contributed by atoms with van der Waals surface area (Å²) in [6.45, 7) is 13.5. The van der Waals surface area contributed by atoms with E-state index in [2.05, 4.69) is 65.0 Å². The second-order valence-electron chi connectivity index (χ2n) is 19.0. The van der Waals surface area contributed by atoms with Gasteiger partial charge in [0.2, 0.25) is 0 Å². The number of H-pyrrole nitrogens is 1. The van der Waals surface area contributed by atoms with E-state index in [1.165, 1.54) is 41.1 Å². The van der Waals surface area contributed by atoms with Crippen molar-refractivity contribution in [2.45, 2.75) is 64.3 Å². The number of ether oxygens (including phenoxy) is 1. The number of pyridine rings is 1. The quantitative estimate of drug-likeness (QED) is 0.0379. The number of piperazine rings is 1. The number of hydrogen-bond acceptors (Lipinski definition) is 12. The van der Waals surface area contributed by atoms with Crippen molar-refractivity contribution in [2.24, 2.45) is 9.78 Å². The Morgan fingerprint density at radius 3 is 2.46 bits per heavy atom. The molecule has 2 aromatic heterocycles. The number of aromatic amines is 1. The maximum Gasteiger partial charge on any atom is 0.293 e. The van der Waals surface area contributed by atoms with Gasteiger partial charge in [-0.15, -0.1) is 0 Å². The van der Waals surface area contributed by atoms with Gasteiger partial charge in [-0.3, -0.25) is 29.5 Å². The highest BCUT2D eigenvalue weighted by atomic mass is 35.5. The highest BCUT2D eigenvalue weighted by Crippen LogP contribution is 2.43. The Balaban J connectivity index is 0.969. The molecule has 8 rings (SSSR count). The van der Waals surface area contributed by atoms with Gasteiger partial charge < -0.3 is 24.5 Å². The molecule has 0 spiro atoms. The standard InChI is InChI=1S/C49H60ClN9O8S2/c1-5-46(60)54-68(64)24-22-57(23-25-68)31-33(2)53-43-13-11-40(28-44(43)59(62)63)69(65,66)55-48(61)41-12-10-38(27-45(41)67-39-26-35-15-17-51-47(35)52-30-39)58-20-18-56(19-21-58)32-36-14-16-49(3,4)29-42(36)34-6-8-37(50)9-7-34/h6-13,15,17,26-28,30,33,53,68H,5,14,16,18-25,29,31-32H2,1-4H3,(H,51,52)(H,55,61)(H,54,60,64). The lowest BCUT2D eigenvalue weighted by Crippen LogP contribution is -2.47. The molecule has 69 heavy (non-hydrogen) atoms. The summed E-state index contributed by atoms with van der Waals surface area (Å²) < 4.78 is 51.0. The zero-order chi connectivity index (χ0) is 49.1. The molecule has 2 amide bonds. The van der Waals surface area contributed by atoms with E-state index in [0.29, 0.717) is 55.6 Å². The molecule has 3 aromatic carbocycles. The van der Waals surface area contributed by atoms with Crippen molar-refractivity contribution in [1.29, 1.82) is 0 Å². The number of nitro groups is 1. The van der Waals surface area contributed by atoms with Crippen molar-refractivity contribution < 1.29 is 32.2 Å². The van der Waals surface area contributed by atoms with Crippen LogP contribution in [-0.2, 0) is 24.9 Å². The molecule has 2 fully saturated rings. The number of allylic oxidation sites excluding steroid dienone is 1. The van der Waals surface area contributed by atoms with Gasteiger partial charge in [0, 0.05) is 111 Å². The fraction of sp³-hybridized carbons (Fsp3) is 0.408. The monoisotopic (exact) mass is 1000 g/mol. The van der Waals surface area contributed by atoms with Crippen molar-refractivity contribution in [2.75, 3.05) is 74.1 Å². The van der Waals surface area contributed by atoms with Crippen LogP contribution in [0, 0.1) is 15.5 Å². The topological polar surface area (TPSA) is 216 Å². The number of benzene rings is 3. The van der Waals surface area contributed by atoms with Crippen LogP contribution in [0.4, 0.5) is 17.1 Å². The van der Waals surface area contributed by atoms with Crippen LogP contribution in [0.5, 0.6) is 11.5 Å². The molecule has 17 nitrogen and oxygen atoms in total. The molecule has 0 bridgehead atoms. The molecule has 0 radical (unpaired) electrons. The van der Waals surface area contributed by atoms with Crippen LogP contribution in [0.2, 0.25) is 5.02 Å². The Morgan fingerprint density at radius 1 is 1.01 bits per heavy atom. The molecule has 4 heterocycles. The molecule has 1 unspecified atom stereocenters. The van der Waals surface area contributed by atoms with Crippen molar-refractivity contribution in [3.8, 4) is 11.5 Å². The Bertz CT molecular complexity index is 2940.